The number of carbonyl (C=O) groups excluding carboxylic acids is 1. The molecule has 0 saturated heterocycles. The van der Waals surface area contributed by atoms with Crippen LogP contribution in [-0.2, 0) is 10.9 Å². The quantitative estimate of drug-likeness (QED) is 0.273. The first-order chi connectivity index (χ1) is 12.6. The normalized spacial score (nSPS) is 11.7. The van der Waals surface area contributed by atoms with Gasteiger partial charge < -0.3 is 4.74 Å². The molecule has 0 saturated carbocycles. The zero-order chi connectivity index (χ0) is 20.4. The zero-order valence-corrected chi connectivity index (χ0v) is 13.3. The number of ether oxygens (including phenoxy) is 1. The molecule has 4 nitrogen and oxygen atoms in total. The van der Waals surface area contributed by atoms with Crippen molar-refractivity contribution in [3.8, 4) is 0 Å². The van der Waals surface area contributed by atoms with E-state index in [2.05, 4.69) is 9.84 Å². The minimum Gasteiger partial charge on any atom is -0.465 e. The number of benzene rings is 2. The van der Waals surface area contributed by atoms with E-state index < -0.39 is 46.7 Å². The van der Waals surface area contributed by atoms with Crippen LogP contribution in [0.5, 0.6) is 0 Å². The number of carbonyl (C=O) groups is 1. The number of anilines is 1. The van der Waals surface area contributed by atoms with Crippen molar-refractivity contribution < 1.29 is 40.3 Å². The first-order valence-corrected chi connectivity index (χ1v) is 6.98. The summed E-state index contributed by atoms with van der Waals surface area (Å²) in [7, 11) is 1.17. The molecular weight excluding hydrogens is 385 g/mol. The summed E-state index contributed by atoms with van der Waals surface area (Å²) >= 11 is 0. The van der Waals surface area contributed by atoms with Crippen LogP contribution in [0, 0.1) is 23.3 Å². The van der Waals surface area contributed by atoms with Crippen molar-refractivity contribution in [1.29, 1.82) is 0 Å². The van der Waals surface area contributed by atoms with Crippen LogP contribution >= 0.6 is 0 Å². The van der Waals surface area contributed by atoms with E-state index in [1.165, 1.54) is 31.4 Å². The minimum atomic E-state index is -5.63. The standard InChI is InChI=1S/C16H9F7N2O2/c1-27-15(26)8-4-2-7(3-5-8)6-24-25-14-12(19)10(17)9(16(21,22)23)11(18)13(14)20/h2-6,25H,1H3/b24-6-. The van der Waals surface area contributed by atoms with Gasteiger partial charge >= 0.3 is 12.1 Å². The van der Waals surface area contributed by atoms with Crippen LogP contribution in [0.25, 0.3) is 0 Å². The van der Waals surface area contributed by atoms with Gasteiger partial charge in [-0.3, -0.25) is 5.43 Å². The number of hydrazone groups is 1. The maximum Gasteiger partial charge on any atom is 0.422 e. The highest BCUT2D eigenvalue weighted by Gasteiger charge is 2.42. The summed E-state index contributed by atoms with van der Waals surface area (Å²) in [5, 5.41) is 3.32. The molecule has 0 aliphatic carbocycles. The highest BCUT2D eigenvalue weighted by molar-refractivity contribution is 5.90. The number of esters is 1. The van der Waals surface area contributed by atoms with Gasteiger partial charge in [0, 0.05) is 0 Å². The van der Waals surface area contributed by atoms with E-state index in [0.717, 1.165) is 6.21 Å². The van der Waals surface area contributed by atoms with Gasteiger partial charge in [-0.05, 0) is 17.7 Å². The number of methoxy groups -OCH3 is 1. The fourth-order valence-electron chi connectivity index (χ4n) is 1.97. The van der Waals surface area contributed by atoms with E-state index in [-0.39, 0.29) is 5.56 Å². The lowest BCUT2D eigenvalue weighted by Gasteiger charge is -2.13. The summed E-state index contributed by atoms with van der Waals surface area (Å²) in [5.74, 6) is -10.4. The summed E-state index contributed by atoms with van der Waals surface area (Å²) in [6.07, 6.45) is -4.67. The van der Waals surface area contributed by atoms with Crippen molar-refractivity contribution in [3.63, 3.8) is 0 Å². The van der Waals surface area contributed by atoms with Gasteiger partial charge in [-0.25, -0.2) is 22.4 Å². The lowest BCUT2D eigenvalue weighted by atomic mass is 10.1. The summed E-state index contributed by atoms with van der Waals surface area (Å²) in [6.45, 7) is 0. The second-order valence-corrected chi connectivity index (χ2v) is 4.99. The van der Waals surface area contributed by atoms with Crippen molar-refractivity contribution >= 4 is 17.9 Å². The minimum absolute atomic E-state index is 0.201. The van der Waals surface area contributed by atoms with Crippen molar-refractivity contribution in [2.75, 3.05) is 12.5 Å². The fraction of sp³-hybridized carbons (Fsp3) is 0.125. The summed E-state index contributed by atoms with van der Waals surface area (Å²) in [6, 6.07) is 5.40. The number of halogens is 7. The number of nitrogens with one attached hydrogen (secondary N) is 1. The lowest BCUT2D eigenvalue weighted by Crippen LogP contribution is -2.16. The van der Waals surface area contributed by atoms with E-state index in [1.54, 1.807) is 5.43 Å². The van der Waals surface area contributed by atoms with E-state index in [4.69, 9.17) is 0 Å². The van der Waals surface area contributed by atoms with Crippen LogP contribution in [0.2, 0.25) is 0 Å². The van der Waals surface area contributed by atoms with Gasteiger partial charge in [0.2, 0.25) is 0 Å². The molecule has 0 amide bonds. The summed E-state index contributed by atoms with van der Waals surface area (Å²) in [5.41, 5.74) is -2.09. The first kappa shape index (κ1) is 20.2. The van der Waals surface area contributed by atoms with Gasteiger partial charge in [0.05, 0.1) is 18.9 Å². The van der Waals surface area contributed by atoms with Crippen molar-refractivity contribution in [3.05, 3.63) is 64.2 Å². The van der Waals surface area contributed by atoms with Gasteiger partial charge in [-0.15, -0.1) is 0 Å². The van der Waals surface area contributed by atoms with E-state index in [9.17, 15) is 35.5 Å². The summed E-state index contributed by atoms with van der Waals surface area (Å²) in [4.78, 5) is 11.3. The number of alkyl halides is 3. The first-order valence-electron chi connectivity index (χ1n) is 6.98. The lowest BCUT2D eigenvalue weighted by molar-refractivity contribution is -0.143. The fourth-order valence-corrected chi connectivity index (χ4v) is 1.97. The molecule has 0 unspecified atom stereocenters. The predicted octanol–water partition coefficient (Wildman–Crippen LogP) is 4.49. The van der Waals surface area contributed by atoms with Gasteiger partial charge in [0.25, 0.3) is 0 Å². The molecule has 2 aromatic carbocycles. The van der Waals surface area contributed by atoms with Gasteiger partial charge in [0.1, 0.15) is 11.3 Å². The van der Waals surface area contributed by atoms with Gasteiger partial charge in [-0.2, -0.15) is 18.3 Å². The Morgan fingerprint density at radius 1 is 1.00 bits per heavy atom. The molecule has 0 aromatic heterocycles. The van der Waals surface area contributed by atoms with Crippen LogP contribution in [0.1, 0.15) is 21.5 Å². The van der Waals surface area contributed by atoms with Crippen LogP contribution in [-0.4, -0.2) is 19.3 Å². The van der Waals surface area contributed by atoms with Gasteiger partial charge in [0.15, 0.2) is 23.3 Å². The third kappa shape index (κ3) is 4.18. The van der Waals surface area contributed by atoms with Crippen molar-refractivity contribution in [2.45, 2.75) is 6.18 Å². The Labute approximate surface area is 147 Å². The van der Waals surface area contributed by atoms with Crippen LogP contribution in [0.3, 0.4) is 0 Å². The largest absolute Gasteiger partial charge is 0.465 e. The Hall–Kier alpha value is -3.11. The van der Waals surface area contributed by atoms with E-state index >= 15 is 0 Å². The topological polar surface area (TPSA) is 50.7 Å². The molecule has 0 spiro atoms. The Kier molecular flexibility index (Phi) is 5.72. The van der Waals surface area contributed by atoms with Crippen LogP contribution in [0.15, 0.2) is 29.4 Å². The maximum atomic E-state index is 13.7. The predicted molar refractivity (Wildman–Crippen MR) is 80.3 cm³/mol. The van der Waals surface area contributed by atoms with Gasteiger partial charge in [-0.1, -0.05) is 12.1 Å². The molecule has 0 heterocycles. The Balaban J connectivity index is 2.28. The highest BCUT2D eigenvalue weighted by atomic mass is 19.4. The van der Waals surface area contributed by atoms with E-state index in [1.807, 2.05) is 0 Å². The second kappa shape index (κ2) is 7.64. The molecule has 27 heavy (non-hydrogen) atoms. The third-order valence-electron chi connectivity index (χ3n) is 3.27. The zero-order valence-electron chi connectivity index (χ0n) is 13.3. The average molecular weight is 394 g/mol. The molecule has 0 radical (unpaired) electrons. The van der Waals surface area contributed by atoms with Crippen molar-refractivity contribution in [1.82, 2.24) is 0 Å². The average Bonchev–Trinajstić information content (AvgIpc) is 2.61. The summed E-state index contributed by atoms with van der Waals surface area (Å²) < 4.78 is 96.2. The van der Waals surface area contributed by atoms with Crippen LogP contribution in [0.4, 0.5) is 36.4 Å². The number of rotatable bonds is 4. The number of hydrogen-bond acceptors (Lipinski definition) is 4. The van der Waals surface area contributed by atoms with Crippen molar-refractivity contribution in [2.24, 2.45) is 5.10 Å². The second-order valence-electron chi connectivity index (χ2n) is 4.99. The van der Waals surface area contributed by atoms with Crippen LogP contribution < -0.4 is 5.43 Å². The molecule has 0 aliphatic heterocycles. The SMILES string of the molecule is COC(=O)c1ccc(/C=N\Nc2c(F)c(F)c(C(F)(F)F)c(F)c2F)cc1. The Morgan fingerprint density at radius 3 is 1.96 bits per heavy atom. The number of nitrogens with zero attached hydrogens (tertiary/aromatic N) is 1. The molecule has 0 atom stereocenters. The third-order valence-corrected chi connectivity index (χ3v) is 3.27. The molecule has 0 fully saturated rings. The molecule has 144 valence electrons. The Morgan fingerprint density at radius 2 is 1.52 bits per heavy atom. The Bertz CT molecular complexity index is 864. The monoisotopic (exact) mass is 394 g/mol. The maximum absolute atomic E-state index is 13.7. The number of hydrogen-bond donors (Lipinski definition) is 1. The molecular formula is C16H9F7N2O2. The molecule has 2 aromatic rings. The van der Waals surface area contributed by atoms with E-state index in [0.29, 0.717) is 5.56 Å². The highest BCUT2D eigenvalue weighted by Crippen LogP contribution is 2.38. The molecule has 1 N–H and O–H groups in total. The molecule has 2 rings (SSSR count). The molecule has 0 bridgehead atoms. The smallest absolute Gasteiger partial charge is 0.422 e. The molecule has 0 aliphatic rings. The molecule has 11 heteroatoms.